The number of aromatic nitrogens is 1. The van der Waals surface area contributed by atoms with Crippen LogP contribution in [0.2, 0.25) is 0 Å². The molecule has 3 aromatic rings. The van der Waals surface area contributed by atoms with E-state index in [2.05, 4.69) is 15.6 Å². The lowest BCUT2D eigenvalue weighted by molar-refractivity contribution is -0.124. The van der Waals surface area contributed by atoms with E-state index in [0.717, 1.165) is 23.2 Å². The van der Waals surface area contributed by atoms with Crippen molar-refractivity contribution < 1.29 is 9.59 Å². The number of pyridine rings is 1. The maximum absolute atomic E-state index is 13.3. The molecule has 0 bridgehead atoms. The molecular weight excluding hydrogens is 400 g/mol. The van der Waals surface area contributed by atoms with Gasteiger partial charge < -0.3 is 15.5 Å². The Hall–Kier alpha value is -3.67. The molecule has 0 unspecified atom stereocenters. The Morgan fingerprint density at radius 1 is 0.969 bits per heavy atom. The number of nitrogens with zero attached hydrogens (tertiary/aromatic N) is 2. The fourth-order valence-corrected chi connectivity index (χ4v) is 4.16. The molecule has 1 fully saturated rings. The van der Waals surface area contributed by atoms with Gasteiger partial charge >= 0.3 is 6.03 Å². The smallest absolute Gasteiger partial charge is 0.323 e. The summed E-state index contributed by atoms with van der Waals surface area (Å²) in [5.74, 6) is -0.126. The second-order valence-corrected chi connectivity index (χ2v) is 8.09. The highest BCUT2D eigenvalue weighted by atomic mass is 16.2. The number of hydrogen-bond donors (Lipinski definition) is 2. The molecule has 32 heavy (non-hydrogen) atoms. The number of anilines is 1. The highest BCUT2D eigenvalue weighted by molar-refractivity contribution is 5.94. The number of nitrogens with one attached hydrogen (secondary N) is 2. The quantitative estimate of drug-likeness (QED) is 0.608. The van der Waals surface area contributed by atoms with Crippen molar-refractivity contribution in [3.05, 3.63) is 95.8 Å². The summed E-state index contributed by atoms with van der Waals surface area (Å²) in [5, 5.41) is 5.98. The molecule has 0 spiro atoms. The minimum atomic E-state index is -0.519. The van der Waals surface area contributed by atoms with E-state index in [4.69, 9.17) is 0 Å². The third-order valence-corrected chi connectivity index (χ3v) is 5.82. The molecule has 3 amide bonds. The van der Waals surface area contributed by atoms with E-state index >= 15 is 0 Å². The van der Waals surface area contributed by atoms with E-state index in [0.29, 0.717) is 25.1 Å². The third kappa shape index (κ3) is 5.14. The van der Waals surface area contributed by atoms with Crippen molar-refractivity contribution in [2.45, 2.75) is 38.3 Å². The topological polar surface area (TPSA) is 74.3 Å². The van der Waals surface area contributed by atoms with Crippen molar-refractivity contribution in [3.63, 3.8) is 0 Å². The highest BCUT2D eigenvalue weighted by Crippen LogP contribution is 2.36. The number of amides is 3. The van der Waals surface area contributed by atoms with Crippen molar-refractivity contribution >= 4 is 17.6 Å². The van der Waals surface area contributed by atoms with Gasteiger partial charge in [-0.15, -0.1) is 0 Å². The van der Waals surface area contributed by atoms with Crippen molar-refractivity contribution in [3.8, 4) is 0 Å². The molecule has 1 aliphatic rings. The first-order chi connectivity index (χ1) is 15.6. The van der Waals surface area contributed by atoms with Crippen molar-refractivity contribution in [2.75, 3.05) is 11.9 Å². The van der Waals surface area contributed by atoms with Crippen molar-refractivity contribution in [2.24, 2.45) is 0 Å². The maximum Gasteiger partial charge on any atom is 0.323 e. The minimum Gasteiger partial charge on any atom is -0.354 e. The number of benzene rings is 2. The molecule has 4 rings (SSSR count). The van der Waals surface area contributed by atoms with Crippen LogP contribution in [-0.4, -0.2) is 34.4 Å². The van der Waals surface area contributed by atoms with Gasteiger partial charge in [0.2, 0.25) is 5.91 Å². The molecule has 0 radical (unpaired) electrons. The van der Waals surface area contributed by atoms with Gasteiger partial charge in [-0.25, -0.2) is 4.79 Å². The molecule has 2 aromatic carbocycles. The zero-order chi connectivity index (χ0) is 22.3. The van der Waals surface area contributed by atoms with E-state index in [1.165, 1.54) is 0 Å². The Morgan fingerprint density at radius 3 is 2.44 bits per heavy atom. The molecule has 0 aliphatic carbocycles. The lowest BCUT2D eigenvalue weighted by atomic mass is 10.1. The van der Waals surface area contributed by atoms with Gasteiger partial charge in [0, 0.05) is 30.5 Å². The number of aryl methyl sites for hydroxylation is 1. The molecular formula is C26H28N4O2. The van der Waals surface area contributed by atoms with Crippen LogP contribution < -0.4 is 10.6 Å². The van der Waals surface area contributed by atoms with Crippen LogP contribution in [0.4, 0.5) is 10.5 Å². The predicted molar refractivity (Wildman–Crippen MR) is 125 cm³/mol. The zero-order valence-corrected chi connectivity index (χ0v) is 18.2. The molecule has 0 saturated carbocycles. The van der Waals surface area contributed by atoms with Crippen LogP contribution in [-0.2, 0) is 11.2 Å². The monoisotopic (exact) mass is 428 g/mol. The van der Waals surface area contributed by atoms with Crippen LogP contribution in [0.15, 0.2) is 79.0 Å². The summed E-state index contributed by atoms with van der Waals surface area (Å²) in [5.41, 5.74) is 3.80. The Morgan fingerprint density at radius 2 is 1.72 bits per heavy atom. The number of hydrogen-bond acceptors (Lipinski definition) is 3. The van der Waals surface area contributed by atoms with E-state index in [1.54, 1.807) is 11.1 Å². The molecule has 2 N–H and O–H groups in total. The second-order valence-electron chi connectivity index (χ2n) is 8.09. The Bertz CT molecular complexity index is 1040. The number of carbonyl (C=O) groups excluding carboxylic acids is 2. The fraction of sp³-hybridized carbons (Fsp3) is 0.269. The van der Waals surface area contributed by atoms with Gasteiger partial charge in [-0.05, 0) is 49.6 Å². The lowest BCUT2D eigenvalue weighted by Gasteiger charge is -2.30. The molecule has 1 saturated heterocycles. The van der Waals surface area contributed by atoms with Crippen molar-refractivity contribution in [1.29, 1.82) is 0 Å². The van der Waals surface area contributed by atoms with E-state index in [-0.39, 0.29) is 18.0 Å². The second kappa shape index (κ2) is 10.1. The Balaban J connectivity index is 1.48. The predicted octanol–water partition coefficient (Wildman–Crippen LogP) is 4.49. The van der Waals surface area contributed by atoms with Crippen LogP contribution in [0.1, 0.15) is 35.7 Å². The van der Waals surface area contributed by atoms with Gasteiger partial charge in [-0.3, -0.25) is 9.78 Å². The molecule has 1 aliphatic heterocycles. The van der Waals surface area contributed by atoms with Gasteiger partial charge in [0.15, 0.2) is 0 Å². The summed E-state index contributed by atoms with van der Waals surface area (Å²) in [7, 11) is 0. The van der Waals surface area contributed by atoms with Gasteiger partial charge in [-0.1, -0.05) is 54.1 Å². The van der Waals surface area contributed by atoms with Crippen LogP contribution in [0, 0.1) is 6.92 Å². The van der Waals surface area contributed by atoms with Crippen LogP contribution in [0.5, 0.6) is 0 Å². The van der Waals surface area contributed by atoms with Gasteiger partial charge in [0.1, 0.15) is 6.04 Å². The maximum atomic E-state index is 13.3. The molecule has 1 aromatic heterocycles. The summed E-state index contributed by atoms with van der Waals surface area (Å²) in [4.78, 5) is 32.4. The number of likely N-dealkylation sites (tertiary alicyclic amines) is 1. The Labute approximate surface area is 188 Å². The summed E-state index contributed by atoms with van der Waals surface area (Å²) in [6.45, 7) is 2.48. The third-order valence-electron chi connectivity index (χ3n) is 5.82. The van der Waals surface area contributed by atoms with Crippen LogP contribution >= 0.6 is 0 Å². The van der Waals surface area contributed by atoms with Crippen LogP contribution in [0.3, 0.4) is 0 Å². The first kappa shape index (κ1) is 21.6. The van der Waals surface area contributed by atoms with Crippen molar-refractivity contribution in [1.82, 2.24) is 15.2 Å². The molecule has 2 atom stereocenters. The highest BCUT2D eigenvalue weighted by Gasteiger charge is 2.41. The molecule has 6 nitrogen and oxygen atoms in total. The van der Waals surface area contributed by atoms with E-state index in [1.807, 2.05) is 79.7 Å². The van der Waals surface area contributed by atoms with Gasteiger partial charge in [0.25, 0.3) is 0 Å². The number of rotatable bonds is 6. The summed E-state index contributed by atoms with van der Waals surface area (Å²) >= 11 is 0. The Kier molecular flexibility index (Phi) is 6.80. The average Bonchev–Trinajstić information content (AvgIpc) is 3.27. The normalized spacial score (nSPS) is 17.7. The first-order valence-corrected chi connectivity index (χ1v) is 11.0. The molecule has 6 heteroatoms. The number of carbonyl (C=O) groups is 2. The lowest BCUT2D eigenvalue weighted by Crippen LogP contribution is -2.48. The summed E-state index contributed by atoms with van der Waals surface area (Å²) in [6.07, 6.45) is 3.76. The molecule has 164 valence electrons. The van der Waals surface area contributed by atoms with E-state index < -0.39 is 6.04 Å². The summed E-state index contributed by atoms with van der Waals surface area (Å²) in [6, 6.07) is 22.4. The SMILES string of the molecule is Cc1ccc(NC(=O)N2[C@@H](c3ccccc3)CC[C@H]2C(=O)NCCc2ccccn2)cc1. The average molecular weight is 429 g/mol. The van der Waals surface area contributed by atoms with Gasteiger partial charge in [-0.2, -0.15) is 0 Å². The largest absolute Gasteiger partial charge is 0.354 e. The van der Waals surface area contributed by atoms with Crippen LogP contribution in [0.25, 0.3) is 0 Å². The van der Waals surface area contributed by atoms with Gasteiger partial charge in [0.05, 0.1) is 6.04 Å². The van der Waals surface area contributed by atoms with E-state index in [9.17, 15) is 9.59 Å². The summed E-state index contributed by atoms with van der Waals surface area (Å²) < 4.78 is 0. The first-order valence-electron chi connectivity index (χ1n) is 11.0. The minimum absolute atomic E-state index is 0.126. The zero-order valence-electron chi connectivity index (χ0n) is 18.2. The fourth-order valence-electron chi connectivity index (χ4n) is 4.16. The number of urea groups is 1. The standard InChI is InChI=1S/C26H28N4O2/c1-19-10-12-22(13-11-19)29-26(32)30-23(20-7-3-2-4-8-20)14-15-24(30)25(31)28-18-16-21-9-5-6-17-27-21/h2-13,17,23-24H,14-16,18H2,1H3,(H,28,31)(H,29,32)/t23-,24+/m1/s1. The molecule has 2 heterocycles.